The Hall–Kier alpha value is 0.670. The Kier molecular flexibility index (Phi) is 10.1. The van der Waals surface area contributed by atoms with Gasteiger partial charge in [-0.05, 0) is 13.3 Å². The van der Waals surface area contributed by atoms with Crippen LogP contribution in [0, 0.1) is 0 Å². The number of ketones is 1. The molecule has 0 aromatic carbocycles. The molecule has 0 saturated carbocycles. The Bertz CT molecular complexity index is 56.4. The van der Waals surface area contributed by atoms with Gasteiger partial charge in [-0.1, -0.05) is 6.92 Å². The maximum atomic E-state index is 10.0. The molecule has 1 nitrogen and oxygen atoms in total. The van der Waals surface area contributed by atoms with Crippen LogP contribution in [0.1, 0.15) is 28.1 Å². The summed E-state index contributed by atoms with van der Waals surface area (Å²) >= 11 is 0. The smallest absolute Gasteiger partial charge is 1.00 e. The number of hydrogen-bond acceptors (Lipinski definition) is 1. The van der Waals surface area contributed by atoms with Crippen molar-refractivity contribution in [1.29, 1.82) is 0 Å². The van der Waals surface area contributed by atoms with Crippen molar-refractivity contribution in [2.75, 3.05) is 0 Å². The predicted octanol–water partition coefficient (Wildman–Crippen LogP) is -1.51. The molecular weight excluding hydrogens is 99.0 g/mol. The van der Waals surface area contributed by atoms with Gasteiger partial charge in [-0.25, -0.2) is 0 Å². The van der Waals surface area contributed by atoms with Crippen LogP contribution in [0.5, 0.6) is 0 Å². The van der Waals surface area contributed by atoms with Gasteiger partial charge in [0, 0.05) is 6.42 Å². The third kappa shape index (κ3) is 10.8. The second kappa shape index (κ2) is 6.67. The molecule has 7 heavy (non-hydrogen) atoms. The number of Topliss-reactive ketones (excluding diaryl/α,β-unsaturated/α-hetero) is 1. The Labute approximate surface area is 68.3 Å². The van der Waals surface area contributed by atoms with E-state index < -0.39 is 0 Å². The van der Waals surface area contributed by atoms with Crippen molar-refractivity contribution in [3.63, 3.8) is 0 Å². The predicted molar refractivity (Wildman–Crippen MR) is 26.7 cm³/mol. The van der Waals surface area contributed by atoms with Crippen LogP contribution in [0.2, 0.25) is 0 Å². The van der Waals surface area contributed by atoms with Crippen molar-refractivity contribution in [2.24, 2.45) is 0 Å². The van der Waals surface area contributed by atoms with Crippen molar-refractivity contribution in [3.8, 4) is 0 Å². The first-order chi connectivity index (χ1) is 2.77. The average Bonchev–Trinajstić information content (AvgIpc) is 1.35. The number of carbonyl (C=O) groups is 1. The molecule has 0 spiro atoms. The van der Waals surface area contributed by atoms with E-state index in [1.807, 2.05) is 6.92 Å². The van der Waals surface area contributed by atoms with Gasteiger partial charge in [-0.3, -0.25) is 0 Å². The Balaban J connectivity index is -0.000000125. The molecule has 0 fully saturated rings. The summed E-state index contributed by atoms with van der Waals surface area (Å²) in [5.74, 6) is 0.289. The first-order valence-electron chi connectivity index (χ1n) is 2.26. The van der Waals surface area contributed by atoms with Crippen LogP contribution < -0.4 is 29.6 Å². The molecule has 0 aromatic rings. The van der Waals surface area contributed by atoms with E-state index in [4.69, 9.17) is 0 Å². The standard InChI is InChI=1S/C5H10O.Na.H/c1-3-4-5(2)6;;/h3-4H2,1-2H3;;/q;+1;-1. The fourth-order valence-electron chi connectivity index (χ4n) is 0.352. The quantitative estimate of drug-likeness (QED) is 0.395. The van der Waals surface area contributed by atoms with E-state index in [2.05, 4.69) is 0 Å². The molecule has 0 atom stereocenters. The molecular formula is C5H11NaO. The van der Waals surface area contributed by atoms with Crippen molar-refractivity contribution < 1.29 is 35.8 Å². The largest absolute Gasteiger partial charge is 1.00 e. The molecule has 0 aliphatic heterocycles. The first kappa shape index (κ1) is 10.6. The van der Waals surface area contributed by atoms with E-state index in [1.54, 1.807) is 6.92 Å². The summed E-state index contributed by atoms with van der Waals surface area (Å²) in [5.41, 5.74) is 0. The molecule has 0 bridgehead atoms. The van der Waals surface area contributed by atoms with Crippen LogP contribution in [-0.2, 0) is 4.79 Å². The number of hydrogen-bond donors (Lipinski definition) is 0. The molecule has 0 amide bonds. The topological polar surface area (TPSA) is 17.1 Å². The minimum Gasteiger partial charge on any atom is -1.00 e. The summed E-state index contributed by atoms with van der Waals surface area (Å²) in [7, 11) is 0. The molecule has 0 N–H and O–H groups in total. The summed E-state index contributed by atoms with van der Waals surface area (Å²) < 4.78 is 0. The third-order valence-corrected chi connectivity index (χ3v) is 0.602. The zero-order chi connectivity index (χ0) is 4.99. The van der Waals surface area contributed by atoms with Crippen LogP contribution in [0.4, 0.5) is 0 Å². The minimum atomic E-state index is 0. The second-order valence-electron chi connectivity index (χ2n) is 1.45. The van der Waals surface area contributed by atoms with Gasteiger partial charge >= 0.3 is 29.6 Å². The monoisotopic (exact) mass is 110 g/mol. The van der Waals surface area contributed by atoms with Gasteiger partial charge in [0.25, 0.3) is 0 Å². The molecule has 0 radical (unpaired) electrons. The van der Waals surface area contributed by atoms with Crippen molar-refractivity contribution in [1.82, 2.24) is 0 Å². The van der Waals surface area contributed by atoms with Gasteiger partial charge in [-0.15, -0.1) is 0 Å². The number of carbonyl (C=O) groups excluding carboxylic acids is 1. The summed E-state index contributed by atoms with van der Waals surface area (Å²) in [5, 5.41) is 0. The third-order valence-electron chi connectivity index (χ3n) is 0.602. The molecule has 0 aliphatic carbocycles. The molecule has 0 unspecified atom stereocenters. The van der Waals surface area contributed by atoms with E-state index in [0.717, 1.165) is 12.8 Å². The van der Waals surface area contributed by atoms with Gasteiger partial charge in [0.05, 0.1) is 0 Å². The van der Waals surface area contributed by atoms with E-state index in [-0.39, 0.29) is 36.8 Å². The summed E-state index contributed by atoms with van der Waals surface area (Å²) in [6.45, 7) is 3.62. The molecule has 38 valence electrons. The van der Waals surface area contributed by atoms with Crippen LogP contribution in [-0.4, -0.2) is 5.78 Å². The average molecular weight is 110 g/mol. The zero-order valence-corrected chi connectivity index (χ0v) is 7.32. The Morgan fingerprint density at radius 2 is 2.14 bits per heavy atom. The van der Waals surface area contributed by atoms with Crippen molar-refractivity contribution in [2.45, 2.75) is 26.7 Å². The molecule has 0 rings (SSSR count). The second-order valence-corrected chi connectivity index (χ2v) is 1.45. The fraction of sp³-hybridized carbons (Fsp3) is 0.800. The van der Waals surface area contributed by atoms with Crippen LogP contribution >= 0.6 is 0 Å². The molecule has 0 heterocycles. The Morgan fingerprint density at radius 3 is 2.14 bits per heavy atom. The minimum absolute atomic E-state index is 0. The van der Waals surface area contributed by atoms with E-state index >= 15 is 0 Å². The maximum Gasteiger partial charge on any atom is 1.00 e. The fourth-order valence-corrected chi connectivity index (χ4v) is 0.352. The molecule has 0 saturated heterocycles. The molecule has 2 heteroatoms. The van der Waals surface area contributed by atoms with Crippen molar-refractivity contribution >= 4 is 5.78 Å². The maximum absolute atomic E-state index is 10.0. The van der Waals surface area contributed by atoms with Gasteiger partial charge in [0.2, 0.25) is 0 Å². The van der Waals surface area contributed by atoms with Gasteiger partial charge < -0.3 is 6.22 Å². The van der Waals surface area contributed by atoms with Crippen LogP contribution in [0.15, 0.2) is 0 Å². The van der Waals surface area contributed by atoms with E-state index in [9.17, 15) is 4.79 Å². The Morgan fingerprint density at radius 1 is 1.71 bits per heavy atom. The molecule has 0 aliphatic rings. The normalized spacial score (nSPS) is 7.14. The zero-order valence-electron chi connectivity index (χ0n) is 6.32. The SMILES string of the molecule is CCCC(C)=O.[H-].[Na+]. The van der Waals surface area contributed by atoms with Crippen molar-refractivity contribution in [3.05, 3.63) is 0 Å². The first-order valence-corrected chi connectivity index (χ1v) is 2.26. The summed E-state index contributed by atoms with van der Waals surface area (Å²) in [6, 6.07) is 0. The van der Waals surface area contributed by atoms with Gasteiger partial charge in [0.1, 0.15) is 5.78 Å². The molecule has 0 aromatic heterocycles. The summed E-state index contributed by atoms with van der Waals surface area (Å²) in [6.07, 6.45) is 1.72. The van der Waals surface area contributed by atoms with Gasteiger partial charge in [-0.2, -0.15) is 0 Å². The van der Waals surface area contributed by atoms with E-state index in [1.165, 1.54) is 0 Å². The summed E-state index contributed by atoms with van der Waals surface area (Å²) in [4.78, 5) is 10.0. The van der Waals surface area contributed by atoms with Crippen LogP contribution in [0.25, 0.3) is 0 Å². The van der Waals surface area contributed by atoms with E-state index in [0.29, 0.717) is 0 Å². The van der Waals surface area contributed by atoms with Crippen LogP contribution in [0.3, 0.4) is 0 Å². The van der Waals surface area contributed by atoms with Gasteiger partial charge in [0.15, 0.2) is 0 Å². The number of rotatable bonds is 2.